The van der Waals surface area contributed by atoms with Crippen LogP contribution >= 0.6 is 0 Å². The van der Waals surface area contributed by atoms with Crippen LogP contribution in [-0.4, -0.2) is 0 Å². The summed E-state index contributed by atoms with van der Waals surface area (Å²) < 4.78 is 6.39. The summed E-state index contributed by atoms with van der Waals surface area (Å²) in [6.07, 6.45) is 0. The van der Waals surface area contributed by atoms with Gasteiger partial charge in [0.05, 0.1) is 11.4 Å². The van der Waals surface area contributed by atoms with Gasteiger partial charge in [0.25, 0.3) is 0 Å². The zero-order valence-corrected chi connectivity index (χ0v) is 30.6. The van der Waals surface area contributed by atoms with Gasteiger partial charge in [-0.3, -0.25) is 0 Å². The molecule has 0 atom stereocenters. The highest BCUT2D eigenvalue weighted by Crippen LogP contribution is 2.50. The molecule has 10 aromatic rings. The van der Waals surface area contributed by atoms with Crippen molar-refractivity contribution in [3.05, 3.63) is 212 Å². The maximum absolute atomic E-state index is 6.39. The second-order valence-electron chi connectivity index (χ2n) is 14.5. The number of nitrogens with zero attached hydrogens (tertiary/aromatic N) is 1. The number of anilines is 3. The lowest BCUT2D eigenvalue weighted by molar-refractivity contribution is 0.487. The number of benzene rings is 10. The predicted octanol–water partition coefficient (Wildman–Crippen LogP) is 15.4. The fourth-order valence-electron chi connectivity index (χ4n) is 8.59. The van der Waals surface area contributed by atoms with E-state index in [1.165, 1.54) is 49.4 Å². The maximum Gasteiger partial charge on any atom is 0.135 e. The van der Waals surface area contributed by atoms with E-state index in [1.54, 1.807) is 0 Å². The minimum atomic E-state index is 0.888. The molecule has 10 aromatic carbocycles. The van der Waals surface area contributed by atoms with Crippen molar-refractivity contribution in [1.82, 2.24) is 0 Å². The minimum absolute atomic E-state index is 0.888. The Morgan fingerprint density at radius 2 is 0.839 bits per heavy atom. The van der Waals surface area contributed by atoms with E-state index in [2.05, 4.69) is 211 Å². The summed E-state index contributed by atoms with van der Waals surface area (Å²) in [5.41, 5.74) is 12.8. The smallest absolute Gasteiger partial charge is 0.135 e. The van der Waals surface area contributed by atoms with Crippen LogP contribution in [0.4, 0.5) is 17.1 Å². The van der Waals surface area contributed by atoms with Crippen LogP contribution < -0.4 is 9.64 Å². The Hall–Kier alpha value is -7.42. The Bertz CT molecular complexity index is 3100. The van der Waals surface area contributed by atoms with Crippen LogP contribution in [0.2, 0.25) is 0 Å². The van der Waals surface area contributed by atoms with Crippen molar-refractivity contribution in [1.29, 1.82) is 0 Å². The third-order valence-corrected chi connectivity index (χ3v) is 11.2. The van der Waals surface area contributed by atoms with Gasteiger partial charge in [-0.2, -0.15) is 0 Å². The Labute approximate surface area is 326 Å². The van der Waals surface area contributed by atoms with Crippen LogP contribution in [0.1, 0.15) is 0 Å². The number of hydrogen-bond donors (Lipinski definition) is 0. The zero-order chi connectivity index (χ0) is 37.0. The van der Waals surface area contributed by atoms with Crippen molar-refractivity contribution < 1.29 is 4.74 Å². The molecule has 0 saturated carbocycles. The maximum atomic E-state index is 6.39. The van der Waals surface area contributed by atoms with E-state index in [1.807, 2.05) is 6.07 Å². The van der Waals surface area contributed by atoms with E-state index in [-0.39, 0.29) is 0 Å². The molecule has 0 amide bonds. The molecular weight excluding hydrogens is 679 g/mol. The molecule has 1 aliphatic rings. The quantitative estimate of drug-likeness (QED) is 0.170. The summed E-state index contributed by atoms with van der Waals surface area (Å²) >= 11 is 0. The molecule has 0 spiro atoms. The lowest BCUT2D eigenvalue weighted by Crippen LogP contribution is -2.11. The molecule has 2 heteroatoms. The molecule has 0 aliphatic carbocycles. The number of hydrogen-bond acceptors (Lipinski definition) is 2. The third-order valence-electron chi connectivity index (χ3n) is 11.2. The van der Waals surface area contributed by atoms with Gasteiger partial charge in [-0.15, -0.1) is 0 Å². The van der Waals surface area contributed by atoms with Crippen molar-refractivity contribution in [3.63, 3.8) is 0 Å². The predicted molar refractivity (Wildman–Crippen MR) is 235 cm³/mol. The lowest BCUT2D eigenvalue weighted by atomic mass is 9.90. The fraction of sp³-hybridized carbons (Fsp3) is 0. The molecule has 0 radical (unpaired) electrons. The number of ether oxygens (including phenoxy) is 1. The van der Waals surface area contributed by atoms with E-state index >= 15 is 0 Å². The molecular formula is C54H35NO. The topological polar surface area (TPSA) is 12.5 Å². The molecule has 0 aromatic heterocycles. The van der Waals surface area contributed by atoms with Gasteiger partial charge in [0, 0.05) is 27.6 Å². The molecule has 0 saturated heterocycles. The summed E-state index contributed by atoms with van der Waals surface area (Å²) in [7, 11) is 0. The van der Waals surface area contributed by atoms with Gasteiger partial charge in [-0.1, -0.05) is 164 Å². The number of rotatable bonds is 6. The van der Waals surface area contributed by atoms with Crippen LogP contribution in [0.15, 0.2) is 212 Å². The molecule has 0 fully saturated rings. The molecule has 0 bridgehead atoms. The van der Waals surface area contributed by atoms with E-state index in [0.29, 0.717) is 0 Å². The van der Waals surface area contributed by atoms with Gasteiger partial charge in [-0.05, 0) is 103 Å². The van der Waals surface area contributed by atoms with Gasteiger partial charge in [0.15, 0.2) is 0 Å². The SMILES string of the molecule is c1ccc2c(c1)Oc1cccc3cc(-c4ccccc4N(c4ccc(-c5ccc(-c6cccc7ccccc67)cc5)cc4)c4cccc5ccccc45)cc-2c13. The summed E-state index contributed by atoms with van der Waals surface area (Å²) in [4.78, 5) is 2.42. The van der Waals surface area contributed by atoms with Gasteiger partial charge < -0.3 is 9.64 Å². The van der Waals surface area contributed by atoms with Crippen LogP contribution in [0.5, 0.6) is 11.5 Å². The minimum Gasteiger partial charge on any atom is -0.456 e. The number of fused-ring (bicyclic) bond motifs is 4. The number of para-hydroxylation sites is 2. The third kappa shape index (κ3) is 5.34. The second kappa shape index (κ2) is 13.2. The molecule has 11 rings (SSSR count). The van der Waals surface area contributed by atoms with Gasteiger partial charge in [0.1, 0.15) is 11.5 Å². The normalized spacial score (nSPS) is 11.7. The van der Waals surface area contributed by atoms with Crippen molar-refractivity contribution in [2.45, 2.75) is 0 Å². The Morgan fingerprint density at radius 1 is 0.304 bits per heavy atom. The van der Waals surface area contributed by atoms with Crippen LogP contribution in [0.25, 0.3) is 76.8 Å². The Balaban J connectivity index is 1.04. The highest BCUT2D eigenvalue weighted by atomic mass is 16.5. The highest BCUT2D eigenvalue weighted by Gasteiger charge is 2.23. The monoisotopic (exact) mass is 713 g/mol. The molecule has 1 aliphatic heterocycles. The van der Waals surface area contributed by atoms with Crippen LogP contribution in [0, 0.1) is 0 Å². The molecule has 0 unspecified atom stereocenters. The van der Waals surface area contributed by atoms with E-state index < -0.39 is 0 Å². The molecule has 56 heavy (non-hydrogen) atoms. The Kier molecular flexibility index (Phi) is 7.53. The van der Waals surface area contributed by atoms with Crippen molar-refractivity contribution in [2.75, 3.05) is 4.90 Å². The highest BCUT2D eigenvalue weighted by molar-refractivity contribution is 6.08. The first-order valence-corrected chi connectivity index (χ1v) is 19.2. The largest absolute Gasteiger partial charge is 0.456 e. The van der Waals surface area contributed by atoms with Crippen molar-refractivity contribution in [2.24, 2.45) is 0 Å². The van der Waals surface area contributed by atoms with Crippen molar-refractivity contribution >= 4 is 49.4 Å². The van der Waals surface area contributed by atoms with Gasteiger partial charge in [0.2, 0.25) is 0 Å². The van der Waals surface area contributed by atoms with Gasteiger partial charge in [-0.25, -0.2) is 0 Å². The Morgan fingerprint density at radius 3 is 1.66 bits per heavy atom. The first-order chi connectivity index (χ1) is 27.8. The van der Waals surface area contributed by atoms with E-state index in [9.17, 15) is 0 Å². The summed E-state index contributed by atoms with van der Waals surface area (Å²) in [5, 5.41) is 7.24. The van der Waals surface area contributed by atoms with Crippen LogP contribution in [-0.2, 0) is 0 Å². The zero-order valence-electron chi connectivity index (χ0n) is 30.6. The average molecular weight is 714 g/mol. The second-order valence-corrected chi connectivity index (χ2v) is 14.5. The molecule has 1 heterocycles. The van der Waals surface area contributed by atoms with Crippen molar-refractivity contribution in [3.8, 4) is 56.0 Å². The average Bonchev–Trinajstić information content (AvgIpc) is 3.27. The van der Waals surface area contributed by atoms with E-state index in [4.69, 9.17) is 4.74 Å². The van der Waals surface area contributed by atoms with Crippen LogP contribution in [0.3, 0.4) is 0 Å². The first-order valence-electron chi connectivity index (χ1n) is 19.2. The van der Waals surface area contributed by atoms with E-state index in [0.717, 1.165) is 56.0 Å². The first kappa shape index (κ1) is 32.0. The van der Waals surface area contributed by atoms with Gasteiger partial charge >= 0.3 is 0 Å². The lowest BCUT2D eigenvalue weighted by Gasteiger charge is -2.29. The molecule has 2 nitrogen and oxygen atoms in total. The standard InChI is InChI=1S/C54H35NO/c1-3-17-44-38(12-1)14-9-21-45(44)40-28-26-36(27-29-40)37-30-32-43(33-31-37)55(51-23-10-15-39-13-2-4-18-46(39)51)50-22-7-5-19-47(50)42-34-41-16-11-25-53-54(41)49(35-42)48-20-6-8-24-52(48)56-53/h1-35H. The molecule has 0 N–H and O–H groups in total. The fourth-order valence-corrected chi connectivity index (χ4v) is 8.59. The summed E-state index contributed by atoms with van der Waals surface area (Å²) in [6.45, 7) is 0. The summed E-state index contributed by atoms with van der Waals surface area (Å²) in [6, 6.07) is 76.5. The summed E-state index contributed by atoms with van der Waals surface area (Å²) in [5.74, 6) is 1.79. The molecule has 262 valence electrons.